The number of pyridine rings is 2. The largest absolute Gasteiger partial charge is 0.305 e. The summed E-state index contributed by atoms with van der Waals surface area (Å²) >= 11 is -0.695. The zero-order valence-electron chi connectivity index (χ0n) is 35.8. The standard InChI is InChI=1S/C24H15FNS.C23H26GeN.Ir/c25-19-7-9-24-21(15-19)20-14-18(6-8-23(20)27-24)22-13-17(10-11-26-22)12-16-4-2-1-3-5-16;1-17-11-13-20(14-12-17)23-15-21(22(16-25-23)24(3,4)5)18(2)19-9-7-6-8-10-19;/h1-5,7-11,13-15H,12H2;6-13,15-16,18H,1-5H3;/q2*-1;/i12D2;1D3,18D;. The molecule has 5 aromatic carbocycles. The average molecular weight is 956 g/mol. The molecule has 0 aliphatic rings. The maximum atomic E-state index is 13.8. The third-order valence-corrected chi connectivity index (χ3v) is 14.2. The quantitative estimate of drug-likeness (QED) is 0.118. The van der Waals surface area contributed by atoms with Gasteiger partial charge < -0.3 is 4.98 Å². The molecule has 267 valence electrons. The topological polar surface area (TPSA) is 25.8 Å². The minimum Gasteiger partial charge on any atom is -0.305 e. The van der Waals surface area contributed by atoms with E-state index in [1.165, 1.54) is 16.5 Å². The van der Waals surface area contributed by atoms with Gasteiger partial charge in [0.25, 0.3) is 0 Å². The van der Waals surface area contributed by atoms with E-state index < -0.39 is 32.4 Å². The van der Waals surface area contributed by atoms with Gasteiger partial charge in [0.05, 0.1) is 0 Å². The van der Waals surface area contributed by atoms with E-state index >= 15 is 0 Å². The molecule has 0 saturated heterocycles. The van der Waals surface area contributed by atoms with E-state index in [2.05, 4.69) is 39.4 Å². The molecule has 1 atom stereocenters. The number of halogens is 1. The molecule has 1 unspecified atom stereocenters. The Labute approximate surface area is 341 Å². The monoisotopic (exact) mass is 957 g/mol. The van der Waals surface area contributed by atoms with Crippen LogP contribution in [-0.2, 0) is 26.5 Å². The molecule has 3 heterocycles. The Hall–Kier alpha value is -4.26. The molecule has 0 spiro atoms. The van der Waals surface area contributed by atoms with Gasteiger partial charge in [-0.1, -0.05) is 41.8 Å². The van der Waals surface area contributed by atoms with Crippen LogP contribution >= 0.6 is 11.3 Å². The van der Waals surface area contributed by atoms with Crippen molar-refractivity contribution in [1.29, 1.82) is 0 Å². The molecule has 0 saturated carbocycles. The predicted molar refractivity (Wildman–Crippen MR) is 221 cm³/mol. The fraction of sp³-hybridized carbons (Fsp3) is 0.149. The van der Waals surface area contributed by atoms with Gasteiger partial charge in [0.1, 0.15) is 5.82 Å². The van der Waals surface area contributed by atoms with E-state index in [0.717, 1.165) is 42.4 Å². The van der Waals surface area contributed by atoms with Crippen LogP contribution in [0.1, 0.15) is 48.9 Å². The fourth-order valence-corrected chi connectivity index (χ4v) is 10.4. The minimum atomic E-state index is -2.30. The van der Waals surface area contributed by atoms with Gasteiger partial charge in [0.15, 0.2) is 0 Å². The van der Waals surface area contributed by atoms with Gasteiger partial charge in [-0.2, -0.15) is 11.3 Å². The number of hydrogen-bond acceptors (Lipinski definition) is 3. The summed E-state index contributed by atoms with van der Waals surface area (Å²) in [4.78, 5) is 9.10. The number of hydrogen-bond donors (Lipinski definition) is 0. The number of aromatic nitrogens is 2. The van der Waals surface area contributed by atoms with E-state index in [-0.39, 0.29) is 31.5 Å². The molecule has 3 aromatic heterocycles. The van der Waals surface area contributed by atoms with E-state index in [1.54, 1.807) is 66.1 Å². The first-order valence-electron chi connectivity index (χ1n) is 20.1. The molecule has 0 aliphatic heterocycles. The van der Waals surface area contributed by atoms with Crippen LogP contribution in [0.5, 0.6) is 0 Å². The zero-order chi connectivity index (χ0) is 41.5. The minimum absolute atomic E-state index is 0. The van der Waals surface area contributed by atoms with Crippen LogP contribution in [0.2, 0.25) is 17.3 Å². The normalized spacial score (nSPS) is 14.6. The van der Waals surface area contributed by atoms with Crippen molar-refractivity contribution in [3.05, 3.63) is 186 Å². The summed E-state index contributed by atoms with van der Waals surface area (Å²) in [7, 11) is 0. The van der Waals surface area contributed by atoms with Crippen molar-refractivity contribution in [3.63, 3.8) is 0 Å². The molecule has 8 aromatic rings. The molecular formula is C47H41FGeIrN2S-2. The summed E-state index contributed by atoms with van der Waals surface area (Å²) in [5, 5.41) is 1.83. The first-order chi connectivity index (χ1) is 27.4. The average Bonchev–Trinajstić information content (AvgIpc) is 3.58. The molecule has 6 heteroatoms. The van der Waals surface area contributed by atoms with Gasteiger partial charge in [-0.25, -0.2) is 4.39 Å². The number of fused-ring (bicyclic) bond motifs is 3. The van der Waals surface area contributed by atoms with Crippen molar-refractivity contribution in [3.8, 4) is 22.5 Å². The number of aryl methyl sites for hydroxylation is 1. The predicted octanol–water partition coefficient (Wildman–Crippen LogP) is 12.2. The SMILES string of the molecule is [2H]C([2H])([2H])c1c[c-]c(-c2cc(C([2H])(C)c3ccccc3)[c]([Ge]([CH3])([CH3])[CH3])cn2)cc1.[2H]C([2H])(c1ccccc1)c1ccnc(-c2[c-]cc3sc4ccc(F)cc4c3c2)c1.[Ir]. The second kappa shape index (κ2) is 16.8. The van der Waals surface area contributed by atoms with E-state index in [9.17, 15) is 5.76 Å². The zero-order valence-corrected chi connectivity index (χ0v) is 35.1. The summed E-state index contributed by atoms with van der Waals surface area (Å²) in [5.74, 6) is 5.74. The Morgan fingerprint density at radius 2 is 1.49 bits per heavy atom. The first-order valence-corrected chi connectivity index (χ1v) is 25.2. The van der Waals surface area contributed by atoms with E-state index in [4.69, 9.17) is 6.85 Å². The molecule has 0 bridgehead atoms. The van der Waals surface area contributed by atoms with Crippen molar-refractivity contribution in [2.45, 2.75) is 43.3 Å². The number of benzene rings is 5. The Balaban J connectivity index is 0.000000195. The molecule has 0 aliphatic carbocycles. The van der Waals surface area contributed by atoms with E-state index in [0.29, 0.717) is 22.5 Å². The van der Waals surface area contributed by atoms with Gasteiger partial charge in [-0.3, -0.25) is 0 Å². The second-order valence-corrected chi connectivity index (χ2v) is 25.3. The van der Waals surface area contributed by atoms with Crippen molar-refractivity contribution in [2.24, 2.45) is 0 Å². The van der Waals surface area contributed by atoms with Gasteiger partial charge in [0.2, 0.25) is 0 Å². The van der Waals surface area contributed by atoms with Crippen molar-refractivity contribution in [2.75, 3.05) is 0 Å². The van der Waals surface area contributed by atoms with Crippen molar-refractivity contribution < 1.29 is 32.7 Å². The Morgan fingerprint density at radius 1 is 0.774 bits per heavy atom. The molecule has 2 nitrogen and oxygen atoms in total. The Kier molecular flexibility index (Phi) is 9.88. The van der Waals surface area contributed by atoms with Crippen molar-refractivity contribution >= 4 is 49.2 Å². The summed E-state index contributed by atoms with van der Waals surface area (Å²) in [6.07, 6.45) is 1.90. The molecule has 0 amide bonds. The summed E-state index contributed by atoms with van der Waals surface area (Å²) < 4.78 is 66.0. The van der Waals surface area contributed by atoms with Crippen LogP contribution in [0.3, 0.4) is 0 Å². The second-order valence-electron chi connectivity index (χ2n) is 13.6. The molecule has 8 rings (SSSR count). The van der Waals surface area contributed by atoms with Crippen LogP contribution in [0, 0.1) is 24.8 Å². The van der Waals surface area contributed by atoms with Gasteiger partial charge in [-0.15, -0.1) is 23.8 Å². The van der Waals surface area contributed by atoms with Gasteiger partial charge >= 0.3 is 160 Å². The number of nitrogens with zero attached hydrogens (tertiary/aromatic N) is 2. The summed E-state index contributed by atoms with van der Waals surface area (Å²) in [6.45, 7) is -0.218. The van der Waals surface area contributed by atoms with E-state index in [1.807, 2.05) is 79.9 Å². The number of rotatable bonds is 7. The Bertz CT molecular complexity index is 2720. The van der Waals surface area contributed by atoms with Crippen LogP contribution in [0.4, 0.5) is 4.39 Å². The summed E-state index contributed by atoms with van der Waals surface area (Å²) in [6, 6.07) is 44.3. The fourth-order valence-electron chi connectivity index (χ4n) is 6.12. The summed E-state index contributed by atoms with van der Waals surface area (Å²) in [5.41, 5.74) is 6.13. The van der Waals surface area contributed by atoms with Crippen LogP contribution in [-0.4, -0.2) is 23.2 Å². The molecule has 53 heavy (non-hydrogen) atoms. The van der Waals surface area contributed by atoms with Crippen LogP contribution in [0.15, 0.2) is 140 Å². The third-order valence-electron chi connectivity index (χ3n) is 8.87. The van der Waals surface area contributed by atoms with Crippen LogP contribution < -0.4 is 4.40 Å². The first kappa shape index (κ1) is 31.1. The van der Waals surface area contributed by atoms with Crippen LogP contribution in [0.25, 0.3) is 42.7 Å². The maximum Gasteiger partial charge on any atom is 0.123 e. The third kappa shape index (κ3) is 9.11. The smallest absolute Gasteiger partial charge is 0.123 e. The Morgan fingerprint density at radius 3 is 2.21 bits per heavy atom. The van der Waals surface area contributed by atoms with Gasteiger partial charge in [-0.05, 0) is 57.5 Å². The molecule has 0 fully saturated rings. The molecular weight excluding hydrogens is 908 g/mol. The van der Waals surface area contributed by atoms with Crippen molar-refractivity contribution in [1.82, 2.24) is 9.97 Å². The number of thiophene rings is 1. The molecule has 1 radical (unpaired) electrons. The maximum absolute atomic E-state index is 13.8. The molecule has 0 N–H and O–H groups in total. The van der Waals surface area contributed by atoms with Gasteiger partial charge in [0, 0.05) is 33.7 Å².